The first kappa shape index (κ1) is 11.1. The summed E-state index contributed by atoms with van der Waals surface area (Å²) in [5.41, 5.74) is 3.10. The Labute approximate surface area is 74.2 Å². The summed E-state index contributed by atoms with van der Waals surface area (Å²) in [7, 11) is 0. The van der Waals surface area contributed by atoms with Gasteiger partial charge in [-0.1, -0.05) is 27.7 Å². The van der Waals surface area contributed by atoms with Crippen LogP contribution < -0.4 is 5.43 Å². The molecule has 0 heterocycles. The third kappa shape index (κ3) is 4.11. The van der Waals surface area contributed by atoms with Crippen molar-refractivity contribution < 1.29 is 4.79 Å². The van der Waals surface area contributed by atoms with Crippen molar-refractivity contribution in [2.45, 2.75) is 41.0 Å². The van der Waals surface area contributed by atoms with Crippen molar-refractivity contribution in [3.8, 4) is 0 Å². The molecule has 0 bridgehead atoms. The third-order valence-corrected chi connectivity index (χ3v) is 1.54. The summed E-state index contributed by atoms with van der Waals surface area (Å²) in [6, 6.07) is 0. The topological polar surface area (TPSA) is 41.5 Å². The van der Waals surface area contributed by atoms with Gasteiger partial charge in [0.25, 0.3) is 0 Å². The van der Waals surface area contributed by atoms with E-state index in [9.17, 15) is 4.79 Å². The second-order valence-corrected chi connectivity index (χ2v) is 3.89. The number of nitrogens with one attached hydrogen (secondary N) is 1. The highest BCUT2D eigenvalue weighted by Gasteiger charge is 2.20. The minimum Gasteiger partial charge on any atom is -0.273 e. The van der Waals surface area contributed by atoms with E-state index >= 15 is 0 Å². The van der Waals surface area contributed by atoms with E-state index in [0.717, 1.165) is 12.1 Å². The largest absolute Gasteiger partial charge is 0.273 e. The minimum absolute atomic E-state index is 0.0460. The third-order valence-electron chi connectivity index (χ3n) is 1.54. The fourth-order valence-electron chi connectivity index (χ4n) is 0.393. The summed E-state index contributed by atoms with van der Waals surface area (Å²) in [6.45, 7) is 9.47. The SMILES string of the molecule is CC/C(C)=N/NC(=O)C(C)(C)C. The number of rotatable bonds is 2. The molecule has 0 rings (SSSR count). The summed E-state index contributed by atoms with van der Waals surface area (Å²) in [4.78, 5) is 11.3. The van der Waals surface area contributed by atoms with Crippen molar-refractivity contribution in [2.24, 2.45) is 10.5 Å². The molecule has 3 nitrogen and oxygen atoms in total. The van der Waals surface area contributed by atoms with Gasteiger partial charge in [-0.05, 0) is 13.3 Å². The van der Waals surface area contributed by atoms with E-state index in [1.807, 2.05) is 34.6 Å². The zero-order valence-corrected chi connectivity index (χ0v) is 8.56. The molecule has 0 aliphatic rings. The second kappa shape index (κ2) is 4.24. The number of hydrogen-bond acceptors (Lipinski definition) is 2. The molecule has 0 radical (unpaired) electrons. The molecule has 0 aromatic carbocycles. The van der Waals surface area contributed by atoms with Crippen LogP contribution in [0.5, 0.6) is 0 Å². The van der Waals surface area contributed by atoms with Gasteiger partial charge in [-0.2, -0.15) is 5.10 Å². The molecule has 0 atom stereocenters. The molecule has 0 saturated heterocycles. The Morgan fingerprint density at radius 2 is 1.92 bits per heavy atom. The second-order valence-electron chi connectivity index (χ2n) is 3.89. The number of carbonyl (C=O) groups is 1. The number of nitrogens with zero attached hydrogens (tertiary/aromatic N) is 1. The monoisotopic (exact) mass is 170 g/mol. The number of hydrazone groups is 1. The van der Waals surface area contributed by atoms with Crippen molar-refractivity contribution in [1.29, 1.82) is 0 Å². The van der Waals surface area contributed by atoms with E-state index in [0.29, 0.717) is 0 Å². The van der Waals surface area contributed by atoms with Crippen LogP contribution in [0.1, 0.15) is 41.0 Å². The van der Waals surface area contributed by atoms with Crippen LogP contribution in [-0.4, -0.2) is 11.6 Å². The maximum atomic E-state index is 11.3. The lowest BCUT2D eigenvalue weighted by molar-refractivity contribution is -0.128. The summed E-state index contributed by atoms with van der Waals surface area (Å²) in [5, 5.41) is 3.93. The molecule has 12 heavy (non-hydrogen) atoms. The van der Waals surface area contributed by atoms with E-state index < -0.39 is 0 Å². The van der Waals surface area contributed by atoms with Gasteiger partial charge in [0.1, 0.15) is 0 Å². The van der Waals surface area contributed by atoms with Crippen LogP contribution in [0.3, 0.4) is 0 Å². The predicted molar refractivity (Wildman–Crippen MR) is 51.0 cm³/mol. The van der Waals surface area contributed by atoms with Crippen LogP contribution in [-0.2, 0) is 4.79 Å². The minimum atomic E-state index is -0.364. The van der Waals surface area contributed by atoms with Crippen LogP contribution in [0.15, 0.2) is 5.10 Å². The summed E-state index contributed by atoms with van der Waals surface area (Å²) < 4.78 is 0. The van der Waals surface area contributed by atoms with Crippen molar-refractivity contribution >= 4 is 11.6 Å². The fraction of sp³-hybridized carbons (Fsp3) is 0.778. The van der Waals surface area contributed by atoms with E-state index in [-0.39, 0.29) is 11.3 Å². The van der Waals surface area contributed by atoms with Crippen molar-refractivity contribution in [1.82, 2.24) is 5.43 Å². The first-order chi connectivity index (χ1) is 5.38. The molecule has 0 spiro atoms. The van der Waals surface area contributed by atoms with Crippen LogP contribution in [0.2, 0.25) is 0 Å². The van der Waals surface area contributed by atoms with Crippen LogP contribution in [0.4, 0.5) is 0 Å². The highest BCUT2D eigenvalue weighted by Crippen LogP contribution is 2.12. The number of hydrogen-bond donors (Lipinski definition) is 1. The quantitative estimate of drug-likeness (QED) is 0.499. The Hall–Kier alpha value is -0.860. The molecular weight excluding hydrogens is 152 g/mol. The maximum absolute atomic E-state index is 11.3. The average Bonchev–Trinajstić information content (AvgIpc) is 1.97. The van der Waals surface area contributed by atoms with E-state index in [1.165, 1.54) is 0 Å². The van der Waals surface area contributed by atoms with Crippen LogP contribution in [0.25, 0.3) is 0 Å². The first-order valence-corrected chi connectivity index (χ1v) is 4.21. The lowest BCUT2D eigenvalue weighted by Gasteiger charge is -2.15. The molecule has 3 heteroatoms. The fourth-order valence-corrected chi connectivity index (χ4v) is 0.393. The van der Waals surface area contributed by atoms with Crippen LogP contribution >= 0.6 is 0 Å². The molecule has 1 amide bonds. The lowest BCUT2D eigenvalue weighted by atomic mass is 9.96. The summed E-state index contributed by atoms with van der Waals surface area (Å²) >= 11 is 0. The molecule has 0 aliphatic heterocycles. The molecular formula is C9H18N2O. The number of amides is 1. The molecule has 0 aliphatic carbocycles. The van der Waals surface area contributed by atoms with Crippen molar-refractivity contribution in [2.75, 3.05) is 0 Å². The Balaban J connectivity index is 4.04. The first-order valence-electron chi connectivity index (χ1n) is 4.21. The Morgan fingerprint density at radius 3 is 2.25 bits per heavy atom. The van der Waals surface area contributed by atoms with E-state index in [1.54, 1.807) is 0 Å². The highest BCUT2D eigenvalue weighted by atomic mass is 16.2. The Kier molecular flexibility index (Phi) is 3.93. The summed E-state index contributed by atoms with van der Waals surface area (Å²) in [5.74, 6) is -0.0460. The Morgan fingerprint density at radius 1 is 1.42 bits per heavy atom. The van der Waals surface area contributed by atoms with Gasteiger partial charge in [0.05, 0.1) is 0 Å². The van der Waals surface area contributed by atoms with Gasteiger partial charge in [-0.3, -0.25) is 4.79 Å². The zero-order valence-electron chi connectivity index (χ0n) is 8.56. The van der Waals surface area contributed by atoms with Crippen LogP contribution in [0, 0.1) is 5.41 Å². The van der Waals surface area contributed by atoms with Crippen molar-refractivity contribution in [3.05, 3.63) is 0 Å². The molecule has 0 aromatic rings. The van der Waals surface area contributed by atoms with Crippen molar-refractivity contribution in [3.63, 3.8) is 0 Å². The van der Waals surface area contributed by atoms with Gasteiger partial charge in [0.2, 0.25) is 5.91 Å². The molecule has 0 aromatic heterocycles. The summed E-state index contributed by atoms with van der Waals surface area (Å²) in [6.07, 6.45) is 0.865. The Bertz CT molecular complexity index is 189. The molecule has 0 unspecified atom stereocenters. The smallest absolute Gasteiger partial charge is 0.245 e. The normalized spacial score (nSPS) is 12.9. The van der Waals surface area contributed by atoms with Gasteiger partial charge < -0.3 is 0 Å². The molecule has 0 fully saturated rings. The van der Waals surface area contributed by atoms with E-state index in [4.69, 9.17) is 0 Å². The van der Waals surface area contributed by atoms with Gasteiger partial charge in [0.15, 0.2) is 0 Å². The van der Waals surface area contributed by atoms with Gasteiger partial charge >= 0.3 is 0 Å². The van der Waals surface area contributed by atoms with E-state index in [2.05, 4.69) is 10.5 Å². The maximum Gasteiger partial charge on any atom is 0.245 e. The van der Waals surface area contributed by atoms with Gasteiger partial charge in [0, 0.05) is 11.1 Å². The van der Waals surface area contributed by atoms with Gasteiger partial charge in [-0.25, -0.2) is 5.43 Å². The number of carbonyl (C=O) groups excluding carboxylic acids is 1. The lowest BCUT2D eigenvalue weighted by Crippen LogP contribution is -2.31. The standard InChI is InChI=1S/C9H18N2O/c1-6-7(2)10-11-8(12)9(3,4)5/h6H2,1-5H3,(H,11,12)/b10-7+. The molecule has 0 saturated carbocycles. The van der Waals surface area contributed by atoms with Gasteiger partial charge in [-0.15, -0.1) is 0 Å². The molecule has 1 N–H and O–H groups in total. The average molecular weight is 170 g/mol. The highest BCUT2D eigenvalue weighted by molar-refractivity contribution is 5.85. The molecule has 70 valence electrons. The zero-order chi connectivity index (χ0) is 9.78. The predicted octanol–water partition coefficient (Wildman–Crippen LogP) is 1.93.